The second-order valence-electron chi connectivity index (χ2n) is 5.07. The molecule has 2 rings (SSSR count). The van der Waals surface area contributed by atoms with Crippen LogP contribution >= 0.6 is 0 Å². The third-order valence-corrected chi connectivity index (χ3v) is 2.90. The Balaban J connectivity index is 0.000000321. The molecule has 0 spiro atoms. The molecule has 0 aromatic carbocycles. The topological polar surface area (TPSA) is 35.6 Å². The average molecular weight is 278 g/mol. The zero-order valence-corrected chi connectivity index (χ0v) is 14.3. The van der Waals surface area contributed by atoms with Crippen molar-refractivity contribution >= 4 is 0 Å². The van der Waals surface area contributed by atoms with E-state index in [1.165, 1.54) is 11.4 Å². The number of aryl methyl sites for hydroxylation is 2. The van der Waals surface area contributed by atoms with Gasteiger partial charge < -0.3 is 0 Å². The highest BCUT2D eigenvalue weighted by Gasteiger charge is 2.01. The van der Waals surface area contributed by atoms with Crippen molar-refractivity contribution in [2.45, 2.75) is 53.4 Å². The SMILES string of the molecule is CC.CC(C)c1ccnn1C.CC(C)c1ccnn1C. The van der Waals surface area contributed by atoms with E-state index >= 15 is 0 Å². The molecule has 0 saturated heterocycles. The Bertz CT molecular complexity index is 422. The van der Waals surface area contributed by atoms with E-state index in [-0.39, 0.29) is 0 Å². The molecule has 0 aliphatic rings. The number of hydrogen-bond donors (Lipinski definition) is 0. The van der Waals surface area contributed by atoms with Crippen molar-refractivity contribution in [3.63, 3.8) is 0 Å². The van der Waals surface area contributed by atoms with E-state index in [2.05, 4.69) is 37.9 Å². The smallest absolute Gasteiger partial charge is 0.0492 e. The van der Waals surface area contributed by atoms with Gasteiger partial charge in [0, 0.05) is 37.9 Å². The normalized spacial score (nSPS) is 9.90. The van der Waals surface area contributed by atoms with E-state index in [1.54, 1.807) is 0 Å². The number of rotatable bonds is 2. The monoisotopic (exact) mass is 278 g/mol. The van der Waals surface area contributed by atoms with Crippen LogP contribution in [0.15, 0.2) is 24.5 Å². The van der Waals surface area contributed by atoms with Gasteiger partial charge in [0.2, 0.25) is 0 Å². The molecule has 2 heterocycles. The molecule has 0 N–H and O–H groups in total. The summed E-state index contributed by atoms with van der Waals surface area (Å²) < 4.78 is 3.81. The third-order valence-electron chi connectivity index (χ3n) is 2.90. The summed E-state index contributed by atoms with van der Waals surface area (Å²) in [4.78, 5) is 0. The summed E-state index contributed by atoms with van der Waals surface area (Å²) >= 11 is 0. The van der Waals surface area contributed by atoms with Crippen LogP contribution in [0.25, 0.3) is 0 Å². The molecule has 4 nitrogen and oxygen atoms in total. The van der Waals surface area contributed by atoms with Crippen molar-refractivity contribution in [3.05, 3.63) is 35.9 Å². The molecular weight excluding hydrogens is 248 g/mol. The molecule has 0 atom stereocenters. The molecule has 20 heavy (non-hydrogen) atoms. The summed E-state index contributed by atoms with van der Waals surface area (Å²) in [6.45, 7) is 12.7. The second-order valence-corrected chi connectivity index (χ2v) is 5.07. The minimum Gasteiger partial charge on any atom is -0.272 e. The van der Waals surface area contributed by atoms with Crippen LogP contribution in [0, 0.1) is 0 Å². The van der Waals surface area contributed by atoms with E-state index < -0.39 is 0 Å². The van der Waals surface area contributed by atoms with Gasteiger partial charge in [0.1, 0.15) is 0 Å². The first-order chi connectivity index (χ1) is 9.43. The number of aromatic nitrogens is 4. The maximum absolute atomic E-state index is 4.05. The van der Waals surface area contributed by atoms with Gasteiger partial charge in [-0.3, -0.25) is 9.36 Å². The first-order valence-corrected chi connectivity index (χ1v) is 7.39. The molecule has 0 unspecified atom stereocenters. The molecule has 2 aromatic heterocycles. The van der Waals surface area contributed by atoms with Gasteiger partial charge in [0.15, 0.2) is 0 Å². The average Bonchev–Trinajstić information content (AvgIpc) is 3.01. The van der Waals surface area contributed by atoms with Crippen LogP contribution < -0.4 is 0 Å². The number of nitrogens with zero attached hydrogens (tertiary/aromatic N) is 4. The lowest BCUT2D eigenvalue weighted by Crippen LogP contribution is -1.98. The lowest BCUT2D eigenvalue weighted by Gasteiger charge is -2.02. The van der Waals surface area contributed by atoms with Gasteiger partial charge >= 0.3 is 0 Å². The van der Waals surface area contributed by atoms with Gasteiger partial charge in [-0.1, -0.05) is 41.5 Å². The highest BCUT2D eigenvalue weighted by molar-refractivity contribution is 5.04. The van der Waals surface area contributed by atoms with E-state index in [9.17, 15) is 0 Å². The largest absolute Gasteiger partial charge is 0.272 e. The molecule has 2 aromatic rings. The highest BCUT2D eigenvalue weighted by atomic mass is 15.3. The Morgan fingerprint density at radius 1 is 0.750 bits per heavy atom. The Morgan fingerprint density at radius 2 is 1.05 bits per heavy atom. The number of hydrogen-bond acceptors (Lipinski definition) is 2. The lowest BCUT2D eigenvalue weighted by molar-refractivity contribution is 0.669. The van der Waals surface area contributed by atoms with Gasteiger partial charge in [-0.25, -0.2) is 0 Å². The van der Waals surface area contributed by atoms with Gasteiger partial charge in [0.05, 0.1) is 0 Å². The van der Waals surface area contributed by atoms with Crippen LogP contribution in [0.2, 0.25) is 0 Å². The minimum absolute atomic E-state index is 0.581. The molecule has 114 valence electrons. The summed E-state index contributed by atoms with van der Waals surface area (Å²) in [5, 5.41) is 8.11. The van der Waals surface area contributed by atoms with Crippen LogP contribution in [-0.4, -0.2) is 19.6 Å². The molecule has 0 radical (unpaired) electrons. The fourth-order valence-electron chi connectivity index (χ4n) is 1.90. The quantitative estimate of drug-likeness (QED) is 0.828. The summed E-state index contributed by atoms with van der Waals surface area (Å²) in [6, 6.07) is 4.09. The summed E-state index contributed by atoms with van der Waals surface area (Å²) in [5.41, 5.74) is 2.57. The Hall–Kier alpha value is -1.58. The van der Waals surface area contributed by atoms with Crippen molar-refractivity contribution in [2.24, 2.45) is 14.1 Å². The predicted octanol–water partition coefficient (Wildman–Crippen LogP) is 4.11. The molecular formula is C16H30N4. The maximum Gasteiger partial charge on any atom is 0.0492 e. The third kappa shape index (κ3) is 5.59. The van der Waals surface area contributed by atoms with Crippen LogP contribution in [-0.2, 0) is 14.1 Å². The van der Waals surface area contributed by atoms with Crippen molar-refractivity contribution < 1.29 is 0 Å². The lowest BCUT2D eigenvalue weighted by atomic mass is 10.1. The van der Waals surface area contributed by atoms with E-state index in [0.717, 1.165) is 0 Å². The Morgan fingerprint density at radius 3 is 1.15 bits per heavy atom. The standard InChI is InChI=1S/2C7H12N2.C2H6/c2*1-6(2)7-4-5-8-9(7)3;1-2/h2*4-6H,1-3H3;1-2H3. The predicted molar refractivity (Wildman–Crippen MR) is 85.9 cm³/mol. The zero-order valence-electron chi connectivity index (χ0n) is 14.3. The van der Waals surface area contributed by atoms with Gasteiger partial charge in [-0.2, -0.15) is 10.2 Å². The molecule has 0 fully saturated rings. The maximum atomic E-state index is 4.05. The first-order valence-electron chi connectivity index (χ1n) is 7.39. The van der Waals surface area contributed by atoms with Gasteiger partial charge in [0.25, 0.3) is 0 Å². The molecule has 0 aliphatic carbocycles. The molecule has 0 amide bonds. The first kappa shape index (κ1) is 18.4. The van der Waals surface area contributed by atoms with Crippen LogP contribution in [0.5, 0.6) is 0 Å². The van der Waals surface area contributed by atoms with Crippen molar-refractivity contribution in [1.29, 1.82) is 0 Å². The highest BCUT2D eigenvalue weighted by Crippen LogP contribution is 2.11. The summed E-state index contributed by atoms with van der Waals surface area (Å²) in [7, 11) is 3.94. The minimum atomic E-state index is 0.581. The molecule has 0 aliphatic heterocycles. The molecule has 0 bridgehead atoms. The van der Waals surface area contributed by atoms with Gasteiger partial charge in [-0.15, -0.1) is 0 Å². The fourth-order valence-corrected chi connectivity index (χ4v) is 1.90. The van der Waals surface area contributed by atoms with E-state index in [1.807, 2.05) is 61.8 Å². The molecule has 0 saturated carbocycles. The van der Waals surface area contributed by atoms with E-state index in [4.69, 9.17) is 0 Å². The Kier molecular flexibility index (Phi) is 8.61. The van der Waals surface area contributed by atoms with Crippen LogP contribution in [0.1, 0.15) is 64.8 Å². The summed E-state index contributed by atoms with van der Waals surface area (Å²) in [5.74, 6) is 1.16. The van der Waals surface area contributed by atoms with Crippen molar-refractivity contribution in [2.75, 3.05) is 0 Å². The fraction of sp³-hybridized carbons (Fsp3) is 0.625. The Labute approximate surface area is 123 Å². The van der Waals surface area contributed by atoms with Crippen molar-refractivity contribution in [3.8, 4) is 0 Å². The van der Waals surface area contributed by atoms with Crippen molar-refractivity contribution in [1.82, 2.24) is 19.6 Å². The van der Waals surface area contributed by atoms with Gasteiger partial charge in [-0.05, 0) is 24.0 Å². The van der Waals surface area contributed by atoms with E-state index in [0.29, 0.717) is 11.8 Å². The summed E-state index contributed by atoms with van der Waals surface area (Å²) in [6.07, 6.45) is 3.66. The van der Waals surface area contributed by atoms with Crippen LogP contribution in [0.4, 0.5) is 0 Å². The van der Waals surface area contributed by atoms with Crippen LogP contribution in [0.3, 0.4) is 0 Å². The molecule has 4 heteroatoms. The zero-order chi connectivity index (χ0) is 15.7. The second kappa shape index (κ2) is 9.34.